The molecule has 4 unspecified atom stereocenters. The van der Waals surface area contributed by atoms with Crippen molar-refractivity contribution in [2.24, 2.45) is 11.8 Å². The van der Waals surface area contributed by atoms with Gasteiger partial charge in [-0.3, -0.25) is 19.7 Å². The van der Waals surface area contributed by atoms with Crippen molar-refractivity contribution < 1.29 is 23.9 Å². The van der Waals surface area contributed by atoms with E-state index in [1.165, 1.54) is 20.1 Å². The van der Waals surface area contributed by atoms with Gasteiger partial charge in [-0.2, -0.15) is 0 Å². The Bertz CT molecular complexity index is 1420. The summed E-state index contributed by atoms with van der Waals surface area (Å²) in [4.78, 5) is 57.0. The third-order valence-corrected chi connectivity index (χ3v) is 7.58. The molecule has 5 rings (SSSR count). The maximum absolute atomic E-state index is 14.2. The molecule has 2 heterocycles. The quantitative estimate of drug-likeness (QED) is 0.308. The molecule has 8 heteroatoms. The molecule has 0 aliphatic carbocycles. The fourth-order valence-electron chi connectivity index (χ4n) is 5.72. The minimum absolute atomic E-state index is 0.181. The third-order valence-electron chi connectivity index (χ3n) is 7.58. The van der Waals surface area contributed by atoms with E-state index in [2.05, 4.69) is 5.32 Å². The molecule has 2 saturated heterocycles. The van der Waals surface area contributed by atoms with Crippen molar-refractivity contribution in [1.29, 1.82) is 0 Å². The molecular weight excluding hydrogens is 482 g/mol. The summed E-state index contributed by atoms with van der Waals surface area (Å²) in [6.07, 6.45) is 0. The highest BCUT2D eigenvalue weighted by molar-refractivity contribution is 6.24. The number of methoxy groups -OCH3 is 1. The van der Waals surface area contributed by atoms with E-state index < -0.39 is 41.2 Å². The van der Waals surface area contributed by atoms with Crippen LogP contribution in [0.5, 0.6) is 0 Å². The molecule has 2 fully saturated rings. The lowest BCUT2D eigenvalue weighted by atomic mass is 9.75. The van der Waals surface area contributed by atoms with Gasteiger partial charge in [-0.1, -0.05) is 54.6 Å². The Morgan fingerprint density at radius 3 is 2.21 bits per heavy atom. The summed E-state index contributed by atoms with van der Waals surface area (Å²) in [5.41, 5.74) is 1.38. The second-order valence-electron chi connectivity index (χ2n) is 9.90. The zero-order chi connectivity index (χ0) is 27.2. The number of amides is 2. The van der Waals surface area contributed by atoms with E-state index in [0.717, 1.165) is 16.2 Å². The second-order valence-corrected chi connectivity index (χ2v) is 9.90. The predicted octanol–water partition coefficient (Wildman–Crippen LogP) is 3.47. The van der Waals surface area contributed by atoms with E-state index in [9.17, 15) is 19.2 Å². The van der Waals surface area contributed by atoms with Crippen LogP contribution in [0.2, 0.25) is 0 Å². The standard InChI is InChI=1S/C30H29N3O5/c1-18(34)20-9-8-12-23(17-20)33-27(35)24-25(28(33)36)30(29(37)38-4,21-10-6-5-7-11-21)31-26(24)19-13-15-22(16-14-19)32(2)3/h5-17,24-26,31H,1-4H3. The van der Waals surface area contributed by atoms with Crippen molar-refractivity contribution >= 4 is 34.9 Å². The van der Waals surface area contributed by atoms with Gasteiger partial charge in [-0.25, -0.2) is 9.69 Å². The number of ketones is 1. The summed E-state index contributed by atoms with van der Waals surface area (Å²) >= 11 is 0. The van der Waals surface area contributed by atoms with Gasteiger partial charge in [-0.15, -0.1) is 0 Å². The Balaban J connectivity index is 1.70. The number of rotatable bonds is 6. The summed E-state index contributed by atoms with van der Waals surface area (Å²) in [6, 6.07) is 22.4. The Labute approximate surface area is 221 Å². The second kappa shape index (κ2) is 9.54. The fraction of sp³-hybridized carbons (Fsp3) is 0.267. The largest absolute Gasteiger partial charge is 0.467 e. The first kappa shape index (κ1) is 25.4. The van der Waals surface area contributed by atoms with Gasteiger partial charge in [0.1, 0.15) is 0 Å². The van der Waals surface area contributed by atoms with Gasteiger partial charge in [-0.05, 0) is 42.3 Å². The smallest absolute Gasteiger partial charge is 0.331 e. The van der Waals surface area contributed by atoms with Crippen molar-refractivity contribution in [2.45, 2.75) is 18.5 Å². The maximum Gasteiger partial charge on any atom is 0.331 e. The molecule has 0 spiro atoms. The lowest BCUT2D eigenvalue weighted by molar-refractivity contribution is -0.152. The first-order valence-electron chi connectivity index (χ1n) is 12.4. The molecule has 4 atom stereocenters. The van der Waals surface area contributed by atoms with Gasteiger partial charge in [0, 0.05) is 31.4 Å². The lowest BCUT2D eigenvalue weighted by Crippen LogP contribution is -2.53. The Morgan fingerprint density at radius 1 is 0.921 bits per heavy atom. The first-order chi connectivity index (χ1) is 18.2. The van der Waals surface area contributed by atoms with Crippen LogP contribution in [0.1, 0.15) is 34.5 Å². The average molecular weight is 512 g/mol. The molecule has 0 aromatic heterocycles. The summed E-state index contributed by atoms with van der Waals surface area (Å²) < 4.78 is 5.28. The average Bonchev–Trinajstić information content (AvgIpc) is 3.43. The number of ether oxygens (including phenoxy) is 1. The van der Waals surface area contributed by atoms with E-state index in [4.69, 9.17) is 4.74 Å². The number of hydrogen-bond acceptors (Lipinski definition) is 7. The number of nitrogens with zero attached hydrogens (tertiary/aromatic N) is 2. The van der Waals surface area contributed by atoms with Gasteiger partial charge in [0.25, 0.3) is 0 Å². The molecule has 3 aromatic carbocycles. The normalized spacial score (nSPS) is 24.3. The molecule has 1 N–H and O–H groups in total. The summed E-state index contributed by atoms with van der Waals surface area (Å²) in [5.74, 6) is -3.73. The maximum atomic E-state index is 14.2. The molecule has 0 bridgehead atoms. The molecule has 2 aliphatic rings. The van der Waals surface area contributed by atoms with Crippen LogP contribution < -0.4 is 15.1 Å². The Kier molecular flexibility index (Phi) is 6.36. The number of esters is 1. The molecular formula is C30H29N3O5. The topological polar surface area (TPSA) is 96.0 Å². The minimum Gasteiger partial charge on any atom is -0.467 e. The van der Waals surface area contributed by atoms with Crippen molar-refractivity contribution in [3.05, 3.63) is 95.6 Å². The molecule has 0 saturated carbocycles. The third kappa shape index (κ3) is 3.80. The number of Topliss-reactive ketones (excluding diaryl/α,β-unsaturated/α-hetero) is 1. The van der Waals surface area contributed by atoms with Crippen LogP contribution in [0.25, 0.3) is 0 Å². The van der Waals surface area contributed by atoms with E-state index in [0.29, 0.717) is 16.8 Å². The molecule has 38 heavy (non-hydrogen) atoms. The zero-order valence-corrected chi connectivity index (χ0v) is 21.7. The fourth-order valence-corrected chi connectivity index (χ4v) is 5.72. The van der Waals surface area contributed by atoms with Crippen molar-refractivity contribution in [3.63, 3.8) is 0 Å². The number of anilines is 2. The zero-order valence-electron chi connectivity index (χ0n) is 21.7. The SMILES string of the molecule is COC(=O)C1(c2ccccc2)NC(c2ccc(N(C)C)cc2)C2C(=O)N(c3cccc(C(C)=O)c3)C(=O)C21. The number of carbonyl (C=O) groups is 4. The Morgan fingerprint density at radius 2 is 1.61 bits per heavy atom. The van der Waals surface area contributed by atoms with Crippen LogP contribution in [0.3, 0.4) is 0 Å². The van der Waals surface area contributed by atoms with Crippen LogP contribution >= 0.6 is 0 Å². The summed E-state index contributed by atoms with van der Waals surface area (Å²) in [7, 11) is 5.14. The van der Waals surface area contributed by atoms with Crippen molar-refractivity contribution in [1.82, 2.24) is 5.32 Å². The van der Waals surface area contributed by atoms with E-state index >= 15 is 0 Å². The molecule has 0 radical (unpaired) electrons. The van der Waals surface area contributed by atoms with E-state index in [1.54, 1.807) is 42.5 Å². The van der Waals surface area contributed by atoms with Gasteiger partial charge in [0.15, 0.2) is 11.3 Å². The van der Waals surface area contributed by atoms with Crippen LogP contribution in [0.15, 0.2) is 78.9 Å². The van der Waals surface area contributed by atoms with Crippen molar-refractivity contribution in [3.8, 4) is 0 Å². The number of nitrogens with one attached hydrogen (secondary N) is 1. The highest BCUT2D eigenvalue weighted by Gasteiger charge is 2.69. The number of benzene rings is 3. The molecule has 194 valence electrons. The number of carbonyl (C=O) groups excluding carboxylic acids is 4. The van der Waals surface area contributed by atoms with E-state index in [1.807, 2.05) is 49.3 Å². The number of fused-ring (bicyclic) bond motifs is 1. The highest BCUT2D eigenvalue weighted by Crippen LogP contribution is 2.54. The van der Waals surface area contributed by atoms with Crippen LogP contribution in [-0.4, -0.2) is 44.8 Å². The van der Waals surface area contributed by atoms with Gasteiger partial charge in [0.2, 0.25) is 11.8 Å². The Hall–Kier alpha value is -4.30. The minimum atomic E-state index is -1.59. The molecule has 3 aromatic rings. The molecule has 2 amide bonds. The summed E-state index contributed by atoms with van der Waals surface area (Å²) in [6.45, 7) is 1.43. The monoisotopic (exact) mass is 511 g/mol. The lowest BCUT2D eigenvalue weighted by Gasteiger charge is -2.33. The van der Waals surface area contributed by atoms with E-state index in [-0.39, 0.29) is 5.78 Å². The molecule has 8 nitrogen and oxygen atoms in total. The van der Waals surface area contributed by atoms with Crippen LogP contribution in [0.4, 0.5) is 11.4 Å². The van der Waals surface area contributed by atoms with Crippen LogP contribution in [0, 0.1) is 11.8 Å². The van der Waals surface area contributed by atoms with Crippen LogP contribution in [-0.2, 0) is 24.7 Å². The van der Waals surface area contributed by atoms with Gasteiger partial charge >= 0.3 is 5.97 Å². The number of imide groups is 1. The van der Waals surface area contributed by atoms with Gasteiger partial charge in [0.05, 0.1) is 24.6 Å². The van der Waals surface area contributed by atoms with Gasteiger partial charge < -0.3 is 9.64 Å². The highest BCUT2D eigenvalue weighted by atomic mass is 16.5. The molecule has 2 aliphatic heterocycles. The van der Waals surface area contributed by atoms with Crippen molar-refractivity contribution in [2.75, 3.05) is 31.0 Å². The first-order valence-corrected chi connectivity index (χ1v) is 12.4. The predicted molar refractivity (Wildman–Crippen MR) is 143 cm³/mol. The summed E-state index contributed by atoms with van der Waals surface area (Å²) in [5, 5.41) is 3.39. The number of hydrogen-bond donors (Lipinski definition) is 1.